The quantitative estimate of drug-likeness (QED) is 0.695. The van der Waals surface area contributed by atoms with Crippen molar-refractivity contribution in [3.63, 3.8) is 0 Å². The molecule has 0 saturated carbocycles. The normalized spacial score (nSPS) is 17.9. The molecule has 0 radical (unpaired) electrons. The Morgan fingerprint density at radius 1 is 1.38 bits per heavy atom. The number of hydrogen-bond donors (Lipinski definition) is 2. The van der Waals surface area contributed by atoms with Crippen LogP contribution >= 0.6 is 0 Å². The molecule has 16 heavy (non-hydrogen) atoms. The van der Waals surface area contributed by atoms with E-state index in [-0.39, 0.29) is 5.91 Å². The molecule has 0 aliphatic carbocycles. The first kappa shape index (κ1) is 10.8. The molecular weight excluding hydrogens is 206 g/mol. The lowest BCUT2D eigenvalue weighted by Gasteiger charge is -2.17. The molecule has 0 unspecified atom stereocenters. The van der Waals surface area contributed by atoms with E-state index in [1.807, 2.05) is 0 Å². The van der Waals surface area contributed by atoms with Crippen LogP contribution in [0.15, 0.2) is 12.4 Å². The molecule has 6 heteroatoms. The van der Waals surface area contributed by atoms with Gasteiger partial charge in [-0.2, -0.15) is 0 Å². The largest absolute Gasteiger partial charge is 0.382 e. The topological polar surface area (TPSA) is 84.1 Å². The second kappa shape index (κ2) is 4.89. The number of nitrogens with two attached hydrogens (primary N) is 1. The first-order valence-electron chi connectivity index (χ1n) is 5.29. The fourth-order valence-corrected chi connectivity index (χ4v) is 1.65. The second-order valence-electron chi connectivity index (χ2n) is 3.81. The number of amides is 1. The van der Waals surface area contributed by atoms with Gasteiger partial charge in [0, 0.05) is 32.6 Å². The highest BCUT2D eigenvalue weighted by atomic mass is 16.1. The second-order valence-corrected chi connectivity index (χ2v) is 3.81. The molecule has 0 atom stereocenters. The lowest BCUT2D eigenvalue weighted by molar-refractivity contribution is -0.120. The van der Waals surface area contributed by atoms with E-state index in [0.29, 0.717) is 25.3 Å². The van der Waals surface area contributed by atoms with Crippen molar-refractivity contribution < 1.29 is 4.79 Å². The molecule has 1 fully saturated rings. The van der Waals surface area contributed by atoms with Gasteiger partial charge in [0.25, 0.3) is 0 Å². The molecule has 3 N–H and O–H groups in total. The summed E-state index contributed by atoms with van der Waals surface area (Å²) in [5.41, 5.74) is 6.34. The Hall–Kier alpha value is -1.69. The highest BCUT2D eigenvalue weighted by Gasteiger charge is 2.13. The zero-order valence-electron chi connectivity index (χ0n) is 9.02. The maximum absolute atomic E-state index is 11.1. The molecule has 1 saturated heterocycles. The van der Waals surface area contributed by atoms with Crippen LogP contribution in [0.4, 0.5) is 5.82 Å². The van der Waals surface area contributed by atoms with Crippen LogP contribution in [0.2, 0.25) is 0 Å². The minimum Gasteiger partial charge on any atom is -0.382 e. The lowest BCUT2D eigenvalue weighted by Crippen LogP contribution is -2.28. The van der Waals surface area contributed by atoms with Gasteiger partial charge in [-0.15, -0.1) is 0 Å². The number of nitrogens with zero attached hydrogens (tertiary/aromatic N) is 3. The van der Waals surface area contributed by atoms with Crippen LogP contribution < -0.4 is 11.1 Å². The third-order valence-corrected chi connectivity index (χ3v) is 2.52. The molecule has 6 nitrogen and oxygen atoms in total. The van der Waals surface area contributed by atoms with E-state index < -0.39 is 0 Å². The maximum atomic E-state index is 11.1. The predicted octanol–water partition coefficient (Wildman–Crippen LogP) is -0.619. The van der Waals surface area contributed by atoms with Crippen molar-refractivity contribution in [2.45, 2.75) is 13.0 Å². The number of carbonyl (C=O) groups is 1. The molecule has 1 amide bonds. The molecule has 0 aromatic carbocycles. The van der Waals surface area contributed by atoms with Crippen LogP contribution in [-0.2, 0) is 11.3 Å². The summed E-state index contributed by atoms with van der Waals surface area (Å²) in [7, 11) is 0. The predicted molar refractivity (Wildman–Crippen MR) is 59.3 cm³/mol. The molecule has 0 spiro atoms. The summed E-state index contributed by atoms with van der Waals surface area (Å²) in [5, 5.41) is 2.83. The third kappa shape index (κ3) is 2.90. The Morgan fingerprint density at radius 3 is 3.00 bits per heavy atom. The SMILES string of the molecule is Nc1cnc(CN2CCNC(=O)CC2)cn1. The lowest BCUT2D eigenvalue weighted by atomic mass is 10.3. The smallest absolute Gasteiger partial charge is 0.221 e. The van der Waals surface area contributed by atoms with Gasteiger partial charge in [-0.1, -0.05) is 0 Å². The van der Waals surface area contributed by atoms with Gasteiger partial charge in [-0.25, -0.2) is 4.98 Å². The highest BCUT2D eigenvalue weighted by Crippen LogP contribution is 2.04. The number of nitrogen functional groups attached to an aromatic ring is 1. The van der Waals surface area contributed by atoms with E-state index in [0.717, 1.165) is 18.8 Å². The maximum Gasteiger partial charge on any atom is 0.221 e. The van der Waals surface area contributed by atoms with Crippen LogP contribution in [0.3, 0.4) is 0 Å². The van der Waals surface area contributed by atoms with Crippen molar-refractivity contribution in [2.75, 3.05) is 25.4 Å². The van der Waals surface area contributed by atoms with E-state index in [1.165, 1.54) is 0 Å². The molecule has 1 aromatic heterocycles. The van der Waals surface area contributed by atoms with Crippen molar-refractivity contribution in [3.05, 3.63) is 18.1 Å². The third-order valence-electron chi connectivity index (χ3n) is 2.52. The van der Waals surface area contributed by atoms with Gasteiger partial charge in [0.15, 0.2) is 0 Å². The molecular formula is C10H15N5O. The molecule has 1 aliphatic rings. The van der Waals surface area contributed by atoms with Crippen LogP contribution in [-0.4, -0.2) is 40.4 Å². The first-order chi connectivity index (χ1) is 7.74. The van der Waals surface area contributed by atoms with Crippen LogP contribution in [0.5, 0.6) is 0 Å². The Balaban J connectivity index is 1.93. The number of rotatable bonds is 2. The molecule has 1 aromatic rings. The molecule has 86 valence electrons. The fraction of sp³-hybridized carbons (Fsp3) is 0.500. The number of carbonyl (C=O) groups excluding carboxylic acids is 1. The molecule has 2 heterocycles. The Bertz CT molecular complexity index is 364. The minimum atomic E-state index is 0.117. The van der Waals surface area contributed by atoms with Gasteiger partial charge in [-0.05, 0) is 0 Å². The number of aromatic nitrogens is 2. The number of hydrogen-bond acceptors (Lipinski definition) is 5. The summed E-state index contributed by atoms with van der Waals surface area (Å²) in [5.74, 6) is 0.544. The van der Waals surface area contributed by atoms with Crippen LogP contribution in [0.25, 0.3) is 0 Å². The Labute approximate surface area is 93.9 Å². The standard InChI is InChI=1S/C10H15N5O/c11-9-6-13-8(5-14-9)7-15-3-1-10(16)12-2-4-15/h5-6H,1-4,7H2,(H2,11,14)(H,12,16). The van der Waals surface area contributed by atoms with E-state index >= 15 is 0 Å². The van der Waals surface area contributed by atoms with Crippen LogP contribution in [0.1, 0.15) is 12.1 Å². The van der Waals surface area contributed by atoms with Crippen molar-refractivity contribution in [1.29, 1.82) is 0 Å². The average molecular weight is 221 g/mol. The van der Waals surface area contributed by atoms with Crippen molar-refractivity contribution >= 4 is 11.7 Å². The Kier molecular flexibility index (Phi) is 3.31. The summed E-state index contributed by atoms with van der Waals surface area (Å²) < 4.78 is 0. The van der Waals surface area contributed by atoms with E-state index in [1.54, 1.807) is 12.4 Å². The van der Waals surface area contributed by atoms with Gasteiger partial charge in [0.2, 0.25) is 5.91 Å². The first-order valence-corrected chi connectivity index (χ1v) is 5.29. The van der Waals surface area contributed by atoms with Gasteiger partial charge in [0.05, 0.1) is 18.1 Å². The van der Waals surface area contributed by atoms with Crippen molar-refractivity contribution in [1.82, 2.24) is 20.2 Å². The average Bonchev–Trinajstić information content (AvgIpc) is 2.47. The zero-order valence-corrected chi connectivity index (χ0v) is 9.02. The van der Waals surface area contributed by atoms with Gasteiger partial charge in [0.1, 0.15) is 5.82 Å². The summed E-state index contributed by atoms with van der Waals surface area (Å²) >= 11 is 0. The minimum absolute atomic E-state index is 0.117. The zero-order chi connectivity index (χ0) is 11.4. The molecule has 1 aliphatic heterocycles. The Morgan fingerprint density at radius 2 is 2.25 bits per heavy atom. The van der Waals surface area contributed by atoms with Crippen molar-refractivity contribution in [3.8, 4) is 0 Å². The molecule has 2 rings (SSSR count). The summed E-state index contributed by atoms with van der Waals surface area (Å²) in [6.07, 6.45) is 3.77. The number of anilines is 1. The van der Waals surface area contributed by atoms with E-state index in [4.69, 9.17) is 5.73 Å². The number of nitrogens with one attached hydrogen (secondary N) is 1. The molecule has 0 bridgehead atoms. The highest BCUT2D eigenvalue weighted by molar-refractivity contribution is 5.76. The van der Waals surface area contributed by atoms with E-state index in [9.17, 15) is 4.79 Å². The van der Waals surface area contributed by atoms with Crippen LogP contribution in [0, 0.1) is 0 Å². The summed E-state index contributed by atoms with van der Waals surface area (Å²) in [4.78, 5) is 21.5. The monoisotopic (exact) mass is 221 g/mol. The van der Waals surface area contributed by atoms with Crippen molar-refractivity contribution in [2.24, 2.45) is 0 Å². The van der Waals surface area contributed by atoms with E-state index in [2.05, 4.69) is 20.2 Å². The van der Waals surface area contributed by atoms with Gasteiger partial charge in [-0.3, -0.25) is 14.7 Å². The summed E-state index contributed by atoms with van der Waals surface area (Å²) in [6.45, 7) is 3.01. The summed E-state index contributed by atoms with van der Waals surface area (Å²) in [6, 6.07) is 0. The fourth-order valence-electron chi connectivity index (χ4n) is 1.65. The van der Waals surface area contributed by atoms with Gasteiger partial charge >= 0.3 is 0 Å². The van der Waals surface area contributed by atoms with Gasteiger partial charge < -0.3 is 11.1 Å².